The summed E-state index contributed by atoms with van der Waals surface area (Å²) in [4.78, 5) is 0. The number of hydrogen-bond donors (Lipinski definition) is 1. The van der Waals surface area contributed by atoms with Crippen molar-refractivity contribution in [3.63, 3.8) is 0 Å². The highest BCUT2D eigenvalue weighted by atomic mass is 14.6. The smallest absolute Gasteiger partial charge is 0.0942 e. The molecule has 0 radical (unpaired) electrons. The molecule has 2 nitrogen and oxygen atoms in total. The van der Waals surface area contributed by atoms with E-state index in [1.165, 1.54) is 18.4 Å². The predicted molar refractivity (Wildman–Crippen MR) is 67.0 cm³/mol. The lowest BCUT2D eigenvalue weighted by Crippen LogP contribution is -2.39. The minimum atomic E-state index is -0.195. The second kappa shape index (κ2) is 3.70. The standard InChI is InChI=1S/C15H16N2/c16-10-13-14(17)12-6-2-1-5-11(12)9-15(13)7-3-4-8-15/h1-2,5-6,13,17H,3-4,7-9H2. The van der Waals surface area contributed by atoms with E-state index in [-0.39, 0.29) is 11.3 Å². The van der Waals surface area contributed by atoms with E-state index in [4.69, 9.17) is 5.41 Å². The van der Waals surface area contributed by atoms with Crippen molar-refractivity contribution in [1.29, 1.82) is 10.7 Å². The molecule has 1 saturated carbocycles. The molecule has 1 N–H and O–H groups in total. The Bertz CT molecular complexity index is 504. The van der Waals surface area contributed by atoms with Crippen molar-refractivity contribution in [2.75, 3.05) is 0 Å². The number of fused-ring (bicyclic) bond motifs is 1. The molecule has 3 rings (SSSR count). The van der Waals surface area contributed by atoms with E-state index < -0.39 is 0 Å². The summed E-state index contributed by atoms with van der Waals surface area (Å²) in [6, 6.07) is 10.5. The number of benzene rings is 1. The van der Waals surface area contributed by atoms with Gasteiger partial charge in [0.05, 0.1) is 17.7 Å². The van der Waals surface area contributed by atoms with Crippen LogP contribution < -0.4 is 0 Å². The summed E-state index contributed by atoms with van der Waals surface area (Å²) in [5.74, 6) is -0.195. The van der Waals surface area contributed by atoms with Gasteiger partial charge in [0, 0.05) is 0 Å². The van der Waals surface area contributed by atoms with Gasteiger partial charge in [-0.2, -0.15) is 5.26 Å². The molecule has 1 fully saturated rings. The second-order valence-corrected chi connectivity index (χ2v) is 5.38. The number of rotatable bonds is 0. The van der Waals surface area contributed by atoms with Gasteiger partial charge < -0.3 is 5.41 Å². The van der Waals surface area contributed by atoms with Gasteiger partial charge in [0.25, 0.3) is 0 Å². The molecule has 1 unspecified atom stereocenters. The van der Waals surface area contributed by atoms with Crippen molar-refractivity contribution in [3.8, 4) is 6.07 Å². The highest BCUT2D eigenvalue weighted by molar-refractivity contribution is 6.04. The first-order chi connectivity index (χ1) is 8.27. The minimum Gasteiger partial charge on any atom is -0.303 e. The first-order valence-corrected chi connectivity index (χ1v) is 6.33. The molecule has 0 aliphatic heterocycles. The van der Waals surface area contributed by atoms with Crippen molar-refractivity contribution < 1.29 is 0 Å². The van der Waals surface area contributed by atoms with E-state index in [9.17, 15) is 5.26 Å². The lowest BCUT2D eigenvalue weighted by molar-refractivity contribution is 0.251. The molecule has 17 heavy (non-hydrogen) atoms. The number of nitriles is 1. The van der Waals surface area contributed by atoms with Gasteiger partial charge in [-0.05, 0) is 35.8 Å². The van der Waals surface area contributed by atoms with E-state index in [0.717, 1.165) is 24.8 Å². The average molecular weight is 224 g/mol. The first-order valence-electron chi connectivity index (χ1n) is 6.33. The summed E-state index contributed by atoms with van der Waals surface area (Å²) in [6.07, 6.45) is 5.65. The molecule has 0 bridgehead atoms. The Kier molecular flexibility index (Phi) is 2.29. The zero-order valence-electron chi connectivity index (χ0n) is 9.87. The molecule has 86 valence electrons. The van der Waals surface area contributed by atoms with Crippen LogP contribution in [-0.4, -0.2) is 5.71 Å². The van der Waals surface area contributed by atoms with E-state index in [1.54, 1.807) is 0 Å². The van der Waals surface area contributed by atoms with Crippen LogP contribution >= 0.6 is 0 Å². The maximum atomic E-state index is 9.42. The van der Waals surface area contributed by atoms with Crippen molar-refractivity contribution in [2.45, 2.75) is 32.1 Å². The van der Waals surface area contributed by atoms with Crippen LogP contribution in [0.4, 0.5) is 0 Å². The number of nitrogens with zero attached hydrogens (tertiary/aromatic N) is 1. The van der Waals surface area contributed by atoms with Crippen LogP contribution in [0.3, 0.4) is 0 Å². The Balaban J connectivity index is 2.12. The highest BCUT2D eigenvalue weighted by Gasteiger charge is 2.47. The molecule has 1 aromatic carbocycles. The quantitative estimate of drug-likeness (QED) is 0.722. The molecule has 1 atom stereocenters. The van der Waals surface area contributed by atoms with Gasteiger partial charge in [0.2, 0.25) is 0 Å². The molecule has 0 amide bonds. The Morgan fingerprint density at radius 2 is 1.94 bits per heavy atom. The average Bonchev–Trinajstić information content (AvgIpc) is 2.79. The summed E-state index contributed by atoms with van der Waals surface area (Å²) < 4.78 is 0. The van der Waals surface area contributed by atoms with Gasteiger partial charge in [-0.25, -0.2) is 0 Å². The first kappa shape index (κ1) is 10.5. The normalized spacial score (nSPS) is 25.6. The molecule has 0 saturated heterocycles. The second-order valence-electron chi connectivity index (χ2n) is 5.38. The van der Waals surface area contributed by atoms with Crippen molar-refractivity contribution >= 4 is 5.71 Å². The Morgan fingerprint density at radius 3 is 2.65 bits per heavy atom. The molecular formula is C15H16N2. The van der Waals surface area contributed by atoms with Crippen LogP contribution in [0.5, 0.6) is 0 Å². The summed E-state index contributed by atoms with van der Waals surface area (Å²) >= 11 is 0. The molecular weight excluding hydrogens is 208 g/mol. The molecule has 0 aromatic heterocycles. The van der Waals surface area contributed by atoms with Crippen LogP contribution in [0.2, 0.25) is 0 Å². The monoisotopic (exact) mass is 224 g/mol. The van der Waals surface area contributed by atoms with Crippen LogP contribution in [0.1, 0.15) is 36.8 Å². The number of hydrogen-bond acceptors (Lipinski definition) is 2. The molecule has 0 heterocycles. The number of nitrogens with one attached hydrogen (secondary N) is 1. The van der Waals surface area contributed by atoms with Crippen LogP contribution in [0.15, 0.2) is 24.3 Å². The SMILES string of the molecule is N#CC1C(=N)c2ccccc2CC12CCCC2. The van der Waals surface area contributed by atoms with Gasteiger partial charge in [-0.15, -0.1) is 0 Å². The lowest BCUT2D eigenvalue weighted by Gasteiger charge is -2.39. The van der Waals surface area contributed by atoms with Crippen molar-refractivity contribution in [1.82, 2.24) is 0 Å². The van der Waals surface area contributed by atoms with Crippen molar-refractivity contribution in [2.24, 2.45) is 11.3 Å². The molecule has 1 aromatic rings. The van der Waals surface area contributed by atoms with E-state index in [1.807, 2.05) is 18.2 Å². The van der Waals surface area contributed by atoms with Crippen LogP contribution in [-0.2, 0) is 6.42 Å². The molecule has 2 aliphatic rings. The summed E-state index contributed by atoms with van der Waals surface area (Å²) in [6.45, 7) is 0. The summed E-state index contributed by atoms with van der Waals surface area (Å²) in [5, 5.41) is 17.7. The van der Waals surface area contributed by atoms with Gasteiger partial charge in [-0.3, -0.25) is 0 Å². The minimum absolute atomic E-state index is 0.0696. The van der Waals surface area contributed by atoms with Gasteiger partial charge >= 0.3 is 0 Å². The Morgan fingerprint density at radius 1 is 1.24 bits per heavy atom. The topological polar surface area (TPSA) is 47.6 Å². The largest absolute Gasteiger partial charge is 0.303 e. The molecule has 2 heteroatoms. The highest BCUT2D eigenvalue weighted by Crippen LogP contribution is 2.50. The van der Waals surface area contributed by atoms with E-state index in [2.05, 4.69) is 12.1 Å². The van der Waals surface area contributed by atoms with E-state index >= 15 is 0 Å². The Hall–Kier alpha value is -1.62. The Labute approximate surface area is 102 Å². The third-order valence-corrected chi connectivity index (χ3v) is 4.48. The fraction of sp³-hybridized carbons (Fsp3) is 0.467. The molecule has 2 aliphatic carbocycles. The summed E-state index contributed by atoms with van der Waals surface area (Å²) in [7, 11) is 0. The lowest BCUT2D eigenvalue weighted by atomic mass is 9.63. The fourth-order valence-electron chi connectivity index (χ4n) is 3.63. The maximum absolute atomic E-state index is 9.42. The summed E-state index contributed by atoms with van der Waals surface area (Å²) in [5.41, 5.74) is 2.89. The maximum Gasteiger partial charge on any atom is 0.0942 e. The fourth-order valence-corrected chi connectivity index (χ4v) is 3.63. The van der Waals surface area contributed by atoms with Gasteiger partial charge in [-0.1, -0.05) is 37.1 Å². The zero-order valence-corrected chi connectivity index (χ0v) is 9.87. The van der Waals surface area contributed by atoms with E-state index in [0.29, 0.717) is 5.71 Å². The van der Waals surface area contributed by atoms with Crippen LogP contribution in [0, 0.1) is 28.1 Å². The third-order valence-electron chi connectivity index (χ3n) is 4.48. The van der Waals surface area contributed by atoms with Crippen molar-refractivity contribution in [3.05, 3.63) is 35.4 Å². The molecule has 1 spiro atoms. The zero-order chi connectivity index (χ0) is 11.9. The van der Waals surface area contributed by atoms with Gasteiger partial charge in [0.1, 0.15) is 0 Å². The predicted octanol–water partition coefficient (Wildman–Crippen LogP) is 3.31. The van der Waals surface area contributed by atoms with Gasteiger partial charge in [0.15, 0.2) is 0 Å². The third kappa shape index (κ3) is 1.42. The van der Waals surface area contributed by atoms with Crippen LogP contribution in [0.25, 0.3) is 0 Å².